The summed E-state index contributed by atoms with van der Waals surface area (Å²) in [5.74, 6) is -0.571. The van der Waals surface area contributed by atoms with Crippen molar-refractivity contribution in [1.82, 2.24) is 0 Å². The van der Waals surface area contributed by atoms with Crippen molar-refractivity contribution < 1.29 is 9.90 Å². The van der Waals surface area contributed by atoms with Crippen molar-refractivity contribution in [2.24, 2.45) is 5.41 Å². The van der Waals surface area contributed by atoms with Crippen molar-refractivity contribution in [2.75, 3.05) is 0 Å². The van der Waals surface area contributed by atoms with Crippen LogP contribution in [0, 0.1) is 5.41 Å². The van der Waals surface area contributed by atoms with E-state index in [9.17, 15) is 9.90 Å². The smallest absolute Gasteiger partial charge is 0.309 e. The molecule has 2 nitrogen and oxygen atoms in total. The molecule has 154 valence electrons. The summed E-state index contributed by atoms with van der Waals surface area (Å²) in [6.07, 6.45) is 24.5. The normalized spacial score (nSPS) is 12.1. The third-order valence-electron chi connectivity index (χ3n) is 5.58. The van der Waals surface area contributed by atoms with Crippen LogP contribution in [0.4, 0.5) is 0 Å². The minimum atomic E-state index is -0.571. The lowest BCUT2D eigenvalue weighted by atomic mass is 9.75. The number of carboxylic acids is 1. The fraction of sp³-hybridized carbons (Fsp3) is 0.875. The first-order chi connectivity index (χ1) is 12.6. The van der Waals surface area contributed by atoms with Crippen LogP contribution in [0.3, 0.4) is 0 Å². The van der Waals surface area contributed by atoms with E-state index in [2.05, 4.69) is 32.9 Å². The molecular formula is C24H46O2. The molecule has 0 aliphatic carbocycles. The molecule has 0 aromatic carbocycles. The first-order valence-corrected chi connectivity index (χ1v) is 11.5. The van der Waals surface area contributed by atoms with Gasteiger partial charge in [0.1, 0.15) is 0 Å². The number of carboxylic acid groups (broad SMARTS) is 1. The summed E-state index contributed by atoms with van der Waals surface area (Å²) in [4.78, 5) is 11.8. The summed E-state index contributed by atoms with van der Waals surface area (Å²) in [5, 5.41) is 9.68. The van der Waals surface area contributed by atoms with E-state index >= 15 is 0 Å². The summed E-state index contributed by atoms with van der Waals surface area (Å²) in [6, 6.07) is 0. The lowest BCUT2D eigenvalue weighted by Gasteiger charge is -2.29. The molecule has 2 heteroatoms. The summed E-state index contributed by atoms with van der Waals surface area (Å²) in [6.45, 7) is 6.47. The second-order valence-corrected chi connectivity index (χ2v) is 8.07. The molecule has 0 saturated carbocycles. The van der Waals surface area contributed by atoms with Crippen LogP contribution in [0.25, 0.3) is 0 Å². The Kier molecular flexibility index (Phi) is 17.1. The molecule has 0 aliphatic heterocycles. The fourth-order valence-corrected chi connectivity index (χ4v) is 4.01. The molecular weight excluding hydrogens is 320 g/mol. The van der Waals surface area contributed by atoms with Gasteiger partial charge in [0, 0.05) is 0 Å². The van der Waals surface area contributed by atoms with Gasteiger partial charge in [0.25, 0.3) is 0 Å². The molecule has 0 amide bonds. The Bertz CT molecular complexity index is 340. The second-order valence-electron chi connectivity index (χ2n) is 8.07. The number of rotatable bonds is 19. The lowest BCUT2D eigenvalue weighted by Crippen LogP contribution is -2.31. The van der Waals surface area contributed by atoms with Gasteiger partial charge in [-0.3, -0.25) is 4.79 Å². The zero-order valence-electron chi connectivity index (χ0n) is 18.0. The molecule has 0 fully saturated rings. The molecule has 0 atom stereocenters. The molecule has 0 spiro atoms. The monoisotopic (exact) mass is 366 g/mol. The quantitative estimate of drug-likeness (QED) is 0.184. The Balaban J connectivity index is 3.69. The minimum absolute atomic E-state index is 0.458. The van der Waals surface area contributed by atoms with E-state index in [1.807, 2.05) is 0 Å². The molecule has 0 radical (unpaired) electrons. The molecule has 0 aliphatic rings. The SMILES string of the molecule is CCCCCCCC/C=C\CCCCCCC(CCC)(CCC)C(=O)O. The van der Waals surface area contributed by atoms with Gasteiger partial charge in [-0.25, -0.2) is 0 Å². The molecule has 0 bridgehead atoms. The Morgan fingerprint density at radius 1 is 0.654 bits per heavy atom. The number of hydrogen-bond acceptors (Lipinski definition) is 1. The molecule has 0 unspecified atom stereocenters. The molecule has 26 heavy (non-hydrogen) atoms. The van der Waals surface area contributed by atoms with Crippen LogP contribution >= 0.6 is 0 Å². The Morgan fingerprint density at radius 2 is 1.12 bits per heavy atom. The van der Waals surface area contributed by atoms with Gasteiger partial charge in [0.05, 0.1) is 5.41 Å². The van der Waals surface area contributed by atoms with E-state index in [1.165, 1.54) is 70.6 Å². The van der Waals surface area contributed by atoms with Crippen molar-refractivity contribution in [3.63, 3.8) is 0 Å². The lowest BCUT2D eigenvalue weighted by molar-refractivity contribution is -0.150. The summed E-state index contributed by atoms with van der Waals surface area (Å²) in [7, 11) is 0. The Labute approximate surface area is 163 Å². The highest BCUT2D eigenvalue weighted by atomic mass is 16.4. The van der Waals surface area contributed by atoms with Gasteiger partial charge in [-0.15, -0.1) is 0 Å². The number of unbranched alkanes of at least 4 members (excludes halogenated alkanes) is 10. The Hall–Kier alpha value is -0.790. The number of allylic oxidation sites excluding steroid dienone is 2. The second kappa shape index (κ2) is 17.6. The number of carbonyl (C=O) groups is 1. The Morgan fingerprint density at radius 3 is 1.58 bits per heavy atom. The minimum Gasteiger partial charge on any atom is -0.481 e. The zero-order chi connectivity index (χ0) is 19.5. The molecule has 0 aromatic heterocycles. The van der Waals surface area contributed by atoms with Crippen LogP contribution < -0.4 is 0 Å². The van der Waals surface area contributed by atoms with Crippen molar-refractivity contribution in [2.45, 2.75) is 130 Å². The van der Waals surface area contributed by atoms with Crippen molar-refractivity contribution in [3.05, 3.63) is 12.2 Å². The maximum absolute atomic E-state index is 11.8. The first kappa shape index (κ1) is 25.2. The van der Waals surface area contributed by atoms with Gasteiger partial charge in [-0.05, 0) is 44.9 Å². The maximum Gasteiger partial charge on any atom is 0.309 e. The van der Waals surface area contributed by atoms with E-state index in [4.69, 9.17) is 0 Å². The molecule has 0 aromatic rings. The first-order valence-electron chi connectivity index (χ1n) is 11.5. The van der Waals surface area contributed by atoms with Gasteiger partial charge < -0.3 is 5.11 Å². The predicted octanol–water partition coefficient (Wildman–Crippen LogP) is 8.31. The van der Waals surface area contributed by atoms with Crippen LogP contribution in [-0.2, 0) is 4.79 Å². The van der Waals surface area contributed by atoms with Crippen LogP contribution in [0.15, 0.2) is 12.2 Å². The van der Waals surface area contributed by atoms with Crippen LogP contribution in [0.1, 0.15) is 130 Å². The average molecular weight is 367 g/mol. The highest BCUT2D eigenvalue weighted by Crippen LogP contribution is 2.36. The predicted molar refractivity (Wildman–Crippen MR) is 115 cm³/mol. The van der Waals surface area contributed by atoms with Crippen molar-refractivity contribution in [1.29, 1.82) is 0 Å². The standard InChI is InChI=1S/C24H46O2/c1-4-7-8-9-10-11-12-13-14-15-16-17-18-19-22-24(20-5-2,21-6-3)23(25)26/h13-14H,4-12,15-22H2,1-3H3,(H,25,26)/b14-13-. The van der Waals surface area contributed by atoms with Gasteiger partial charge in [-0.2, -0.15) is 0 Å². The van der Waals surface area contributed by atoms with Crippen LogP contribution in [0.5, 0.6) is 0 Å². The van der Waals surface area contributed by atoms with Crippen molar-refractivity contribution in [3.8, 4) is 0 Å². The number of aliphatic carboxylic acids is 1. The van der Waals surface area contributed by atoms with Gasteiger partial charge in [0.15, 0.2) is 0 Å². The van der Waals surface area contributed by atoms with E-state index in [0.717, 1.165) is 38.5 Å². The molecule has 0 saturated heterocycles. The summed E-state index contributed by atoms with van der Waals surface area (Å²) >= 11 is 0. The fourth-order valence-electron chi connectivity index (χ4n) is 4.01. The topological polar surface area (TPSA) is 37.3 Å². The largest absolute Gasteiger partial charge is 0.481 e. The van der Waals surface area contributed by atoms with Crippen molar-refractivity contribution >= 4 is 5.97 Å². The summed E-state index contributed by atoms with van der Waals surface area (Å²) in [5.41, 5.74) is -0.458. The van der Waals surface area contributed by atoms with E-state index in [0.29, 0.717) is 0 Å². The molecule has 1 N–H and O–H groups in total. The highest BCUT2D eigenvalue weighted by Gasteiger charge is 2.35. The maximum atomic E-state index is 11.8. The van der Waals surface area contributed by atoms with Crippen LogP contribution in [-0.4, -0.2) is 11.1 Å². The molecule has 0 rings (SSSR count). The van der Waals surface area contributed by atoms with Gasteiger partial charge in [0.2, 0.25) is 0 Å². The van der Waals surface area contributed by atoms with E-state index in [-0.39, 0.29) is 0 Å². The third kappa shape index (κ3) is 12.5. The third-order valence-corrected chi connectivity index (χ3v) is 5.58. The van der Waals surface area contributed by atoms with Crippen LogP contribution in [0.2, 0.25) is 0 Å². The molecule has 0 heterocycles. The summed E-state index contributed by atoms with van der Waals surface area (Å²) < 4.78 is 0. The van der Waals surface area contributed by atoms with Gasteiger partial charge >= 0.3 is 5.97 Å². The average Bonchev–Trinajstić information content (AvgIpc) is 2.62. The van der Waals surface area contributed by atoms with E-state index in [1.54, 1.807) is 0 Å². The van der Waals surface area contributed by atoms with E-state index < -0.39 is 11.4 Å². The highest BCUT2D eigenvalue weighted by molar-refractivity contribution is 5.74. The number of hydrogen-bond donors (Lipinski definition) is 1. The van der Waals surface area contributed by atoms with Gasteiger partial charge in [-0.1, -0.05) is 97.1 Å². The zero-order valence-corrected chi connectivity index (χ0v) is 18.0.